The zero-order chi connectivity index (χ0) is 24.5. The molecule has 6 nitrogen and oxygen atoms in total. The van der Waals surface area contributed by atoms with E-state index in [-0.39, 0.29) is 35.6 Å². The molecule has 2 rings (SSSR count). The monoisotopic (exact) mass is 457 g/mol. The van der Waals surface area contributed by atoms with E-state index in [9.17, 15) is 14.4 Å². The second-order valence-corrected chi connectivity index (χ2v) is 9.61. The SMILES string of the molecule is CCCCC(CC)C(=O)N1CCN(C(=O)C(NC(=O)c2ccc(C)cc2)C(C)CC)CC1C. The van der Waals surface area contributed by atoms with Gasteiger partial charge in [-0.15, -0.1) is 0 Å². The average molecular weight is 458 g/mol. The van der Waals surface area contributed by atoms with Gasteiger partial charge in [0.1, 0.15) is 6.04 Å². The molecular weight excluding hydrogens is 414 g/mol. The van der Waals surface area contributed by atoms with E-state index in [0.29, 0.717) is 25.2 Å². The van der Waals surface area contributed by atoms with E-state index in [1.807, 2.05) is 49.6 Å². The highest BCUT2D eigenvalue weighted by atomic mass is 16.2. The fourth-order valence-electron chi connectivity index (χ4n) is 4.48. The normalized spacial score (nSPS) is 19.0. The predicted molar refractivity (Wildman–Crippen MR) is 133 cm³/mol. The van der Waals surface area contributed by atoms with Crippen LogP contribution in [-0.2, 0) is 9.59 Å². The van der Waals surface area contributed by atoms with Crippen LogP contribution in [0.2, 0.25) is 0 Å². The summed E-state index contributed by atoms with van der Waals surface area (Å²) in [7, 11) is 0. The molecule has 1 aliphatic heterocycles. The molecule has 184 valence electrons. The number of rotatable bonds is 10. The summed E-state index contributed by atoms with van der Waals surface area (Å²) in [6, 6.07) is 6.77. The number of aryl methyl sites for hydroxylation is 1. The van der Waals surface area contributed by atoms with E-state index in [4.69, 9.17) is 0 Å². The summed E-state index contributed by atoms with van der Waals surface area (Å²) in [4.78, 5) is 43.2. The second kappa shape index (κ2) is 12.8. The highest BCUT2D eigenvalue weighted by Crippen LogP contribution is 2.21. The van der Waals surface area contributed by atoms with Crippen molar-refractivity contribution in [3.8, 4) is 0 Å². The van der Waals surface area contributed by atoms with E-state index in [0.717, 1.165) is 37.7 Å². The van der Waals surface area contributed by atoms with Gasteiger partial charge in [0.15, 0.2) is 0 Å². The Morgan fingerprint density at radius 2 is 1.70 bits per heavy atom. The topological polar surface area (TPSA) is 69.7 Å². The molecule has 1 saturated heterocycles. The Bertz CT molecular complexity index is 792. The molecule has 4 unspecified atom stereocenters. The first kappa shape index (κ1) is 26.9. The Morgan fingerprint density at radius 1 is 1.03 bits per heavy atom. The minimum atomic E-state index is -0.578. The number of benzene rings is 1. The number of carbonyl (C=O) groups is 3. The van der Waals surface area contributed by atoms with Gasteiger partial charge in [0.2, 0.25) is 11.8 Å². The first-order chi connectivity index (χ1) is 15.7. The van der Waals surface area contributed by atoms with Crippen LogP contribution in [0.1, 0.15) is 82.6 Å². The Kier molecular flexibility index (Phi) is 10.4. The maximum Gasteiger partial charge on any atom is 0.251 e. The molecule has 1 heterocycles. The van der Waals surface area contributed by atoms with Crippen LogP contribution in [0.4, 0.5) is 0 Å². The zero-order valence-electron chi connectivity index (χ0n) is 21.4. The van der Waals surface area contributed by atoms with Gasteiger partial charge < -0.3 is 15.1 Å². The maximum atomic E-state index is 13.5. The number of piperazine rings is 1. The van der Waals surface area contributed by atoms with E-state index < -0.39 is 6.04 Å². The largest absolute Gasteiger partial charge is 0.340 e. The first-order valence-electron chi connectivity index (χ1n) is 12.7. The third-order valence-corrected chi connectivity index (χ3v) is 7.05. The number of nitrogens with zero attached hydrogens (tertiary/aromatic N) is 2. The summed E-state index contributed by atoms with van der Waals surface area (Å²) in [5, 5.41) is 2.99. The Labute approximate surface area is 200 Å². The van der Waals surface area contributed by atoms with Gasteiger partial charge in [-0.3, -0.25) is 14.4 Å². The van der Waals surface area contributed by atoms with Crippen LogP contribution in [0.5, 0.6) is 0 Å². The summed E-state index contributed by atoms with van der Waals surface area (Å²) in [5.41, 5.74) is 1.64. The summed E-state index contributed by atoms with van der Waals surface area (Å²) < 4.78 is 0. The molecule has 0 spiro atoms. The Hall–Kier alpha value is -2.37. The lowest BCUT2D eigenvalue weighted by Gasteiger charge is -2.42. The molecule has 1 aromatic rings. The van der Waals surface area contributed by atoms with Crippen molar-refractivity contribution in [2.24, 2.45) is 11.8 Å². The quantitative estimate of drug-likeness (QED) is 0.566. The fraction of sp³-hybridized carbons (Fsp3) is 0.667. The summed E-state index contributed by atoms with van der Waals surface area (Å²) in [6.45, 7) is 13.8. The van der Waals surface area contributed by atoms with Crippen LogP contribution in [-0.4, -0.2) is 59.2 Å². The molecule has 1 N–H and O–H groups in total. The van der Waals surface area contributed by atoms with E-state index in [1.165, 1.54) is 0 Å². The maximum absolute atomic E-state index is 13.5. The standard InChI is InChI=1S/C27H43N3O3/c1-7-10-11-22(9-3)26(32)30-17-16-29(18-21(30)6)27(33)24(20(5)8-2)28-25(31)23-14-12-19(4)13-15-23/h12-15,20-22,24H,7-11,16-18H2,1-6H3,(H,28,31). The van der Waals surface area contributed by atoms with Crippen molar-refractivity contribution in [3.63, 3.8) is 0 Å². The minimum Gasteiger partial charge on any atom is -0.340 e. The van der Waals surface area contributed by atoms with Crippen LogP contribution >= 0.6 is 0 Å². The summed E-state index contributed by atoms with van der Waals surface area (Å²) in [5.74, 6) is 0.0207. The van der Waals surface area contributed by atoms with Crippen molar-refractivity contribution in [3.05, 3.63) is 35.4 Å². The van der Waals surface area contributed by atoms with Crippen molar-refractivity contribution in [1.82, 2.24) is 15.1 Å². The molecule has 33 heavy (non-hydrogen) atoms. The van der Waals surface area contributed by atoms with Gasteiger partial charge in [0.05, 0.1) is 0 Å². The van der Waals surface area contributed by atoms with Crippen molar-refractivity contribution in [1.29, 1.82) is 0 Å². The second-order valence-electron chi connectivity index (χ2n) is 9.61. The molecule has 0 aromatic heterocycles. The Balaban J connectivity index is 2.07. The van der Waals surface area contributed by atoms with E-state index in [1.54, 1.807) is 12.1 Å². The molecule has 1 aromatic carbocycles. The molecular formula is C27H43N3O3. The lowest BCUT2D eigenvalue weighted by atomic mass is 9.95. The van der Waals surface area contributed by atoms with Crippen LogP contribution in [0, 0.1) is 18.8 Å². The van der Waals surface area contributed by atoms with Gasteiger partial charge in [0.25, 0.3) is 5.91 Å². The third-order valence-electron chi connectivity index (χ3n) is 7.05. The van der Waals surface area contributed by atoms with E-state index >= 15 is 0 Å². The molecule has 0 radical (unpaired) electrons. The number of hydrogen-bond acceptors (Lipinski definition) is 3. The first-order valence-corrected chi connectivity index (χ1v) is 12.7. The molecule has 1 fully saturated rings. The molecule has 3 amide bonds. The lowest BCUT2D eigenvalue weighted by molar-refractivity contribution is -0.146. The van der Waals surface area contributed by atoms with Crippen molar-refractivity contribution in [2.75, 3.05) is 19.6 Å². The van der Waals surface area contributed by atoms with Gasteiger partial charge in [-0.1, -0.05) is 64.7 Å². The molecule has 0 saturated carbocycles. The number of nitrogens with one attached hydrogen (secondary N) is 1. The fourth-order valence-corrected chi connectivity index (χ4v) is 4.48. The van der Waals surface area contributed by atoms with Gasteiger partial charge in [-0.25, -0.2) is 0 Å². The molecule has 6 heteroatoms. The molecule has 0 bridgehead atoms. The van der Waals surface area contributed by atoms with Gasteiger partial charge >= 0.3 is 0 Å². The van der Waals surface area contributed by atoms with Crippen LogP contribution < -0.4 is 5.32 Å². The van der Waals surface area contributed by atoms with Crippen LogP contribution in [0.3, 0.4) is 0 Å². The minimum absolute atomic E-state index is 0.0142. The van der Waals surface area contributed by atoms with Gasteiger partial charge in [-0.05, 0) is 44.7 Å². The van der Waals surface area contributed by atoms with Crippen LogP contribution in [0.15, 0.2) is 24.3 Å². The van der Waals surface area contributed by atoms with Crippen molar-refractivity contribution < 1.29 is 14.4 Å². The Morgan fingerprint density at radius 3 is 2.24 bits per heavy atom. The lowest BCUT2D eigenvalue weighted by Crippen LogP contribution is -2.60. The van der Waals surface area contributed by atoms with Crippen molar-refractivity contribution in [2.45, 2.75) is 85.7 Å². The number of amides is 3. The van der Waals surface area contributed by atoms with Crippen LogP contribution in [0.25, 0.3) is 0 Å². The highest BCUT2D eigenvalue weighted by molar-refractivity contribution is 5.97. The number of carbonyl (C=O) groups excluding carboxylic acids is 3. The van der Waals surface area contributed by atoms with E-state index in [2.05, 4.69) is 19.2 Å². The smallest absolute Gasteiger partial charge is 0.251 e. The summed E-state index contributed by atoms with van der Waals surface area (Å²) >= 11 is 0. The van der Waals surface area contributed by atoms with Gasteiger partial charge in [-0.2, -0.15) is 0 Å². The highest BCUT2D eigenvalue weighted by Gasteiger charge is 2.36. The number of hydrogen-bond donors (Lipinski definition) is 1. The zero-order valence-corrected chi connectivity index (χ0v) is 21.4. The summed E-state index contributed by atoms with van der Waals surface area (Å²) in [6.07, 6.45) is 4.72. The van der Waals surface area contributed by atoms with Gasteiger partial charge in [0, 0.05) is 37.2 Å². The van der Waals surface area contributed by atoms with Crippen molar-refractivity contribution >= 4 is 17.7 Å². The predicted octanol–water partition coefficient (Wildman–Crippen LogP) is 4.42. The molecule has 0 aliphatic carbocycles. The third kappa shape index (κ3) is 7.05. The average Bonchev–Trinajstić information content (AvgIpc) is 2.82. The molecule has 4 atom stereocenters. The molecule has 1 aliphatic rings. The number of unbranched alkanes of at least 4 members (excludes halogenated alkanes) is 1.